The van der Waals surface area contributed by atoms with Crippen molar-refractivity contribution in [2.75, 3.05) is 5.32 Å². The van der Waals surface area contributed by atoms with Crippen LogP contribution in [0.1, 0.15) is 16.8 Å². The summed E-state index contributed by atoms with van der Waals surface area (Å²) in [5, 5.41) is 13.1. The van der Waals surface area contributed by atoms with Crippen LogP contribution in [0.25, 0.3) is 0 Å². The molecule has 0 aliphatic heterocycles. The highest BCUT2D eigenvalue weighted by molar-refractivity contribution is 9.10. The van der Waals surface area contributed by atoms with Crippen LogP contribution in [0.3, 0.4) is 0 Å². The van der Waals surface area contributed by atoms with Crippen molar-refractivity contribution in [2.45, 2.75) is 13.5 Å². The van der Waals surface area contributed by atoms with E-state index in [1.54, 1.807) is 0 Å². The first-order chi connectivity index (χ1) is 8.20. The molecule has 86 valence electrons. The molecule has 0 saturated carbocycles. The highest BCUT2D eigenvalue weighted by atomic mass is 79.9. The number of anilines is 1. The molecule has 17 heavy (non-hydrogen) atoms. The number of aromatic nitrogens is 1. The predicted molar refractivity (Wildman–Crippen MR) is 73.0 cm³/mol. The summed E-state index contributed by atoms with van der Waals surface area (Å²) in [5.74, 6) is 0. The third kappa shape index (κ3) is 2.84. The van der Waals surface area contributed by atoms with Gasteiger partial charge in [-0.05, 0) is 36.2 Å². The van der Waals surface area contributed by atoms with Crippen molar-refractivity contribution in [1.82, 2.24) is 4.37 Å². The number of hydrogen-bond acceptors (Lipinski definition) is 4. The van der Waals surface area contributed by atoms with Crippen LogP contribution in [-0.2, 0) is 6.54 Å². The monoisotopic (exact) mass is 307 g/mol. The number of nitriles is 1. The minimum Gasteiger partial charge on any atom is -0.370 e. The van der Waals surface area contributed by atoms with Crippen molar-refractivity contribution in [2.24, 2.45) is 0 Å². The third-order valence-corrected chi connectivity index (χ3v) is 3.71. The summed E-state index contributed by atoms with van der Waals surface area (Å²) in [6, 6.07) is 10.2. The molecule has 0 fully saturated rings. The standard InChI is InChI=1S/C12H10BrN3S/c1-8-11(6-14)12(17-16-8)15-7-9-3-2-4-10(13)5-9/h2-5,15H,7H2,1H3. The number of hydrogen-bond donors (Lipinski definition) is 1. The highest BCUT2D eigenvalue weighted by Crippen LogP contribution is 2.24. The smallest absolute Gasteiger partial charge is 0.127 e. The summed E-state index contributed by atoms with van der Waals surface area (Å²) in [6.07, 6.45) is 0. The molecule has 5 heteroatoms. The second-order valence-electron chi connectivity index (χ2n) is 3.57. The lowest BCUT2D eigenvalue weighted by molar-refractivity contribution is 1.15. The fourth-order valence-electron chi connectivity index (χ4n) is 1.45. The maximum atomic E-state index is 9.00. The molecule has 2 rings (SSSR count). The summed E-state index contributed by atoms with van der Waals surface area (Å²) in [7, 11) is 0. The molecular formula is C12H10BrN3S. The van der Waals surface area contributed by atoms with E-state index in [0.717, 1.165) is 20.7 Å². The Kier molecular flexibility index (Phi) is 3.77. The van der Waals surface area contributed by atoms with Crippen LogP contribution in [0.15, 0.2) is 28.7 Å². The second-order valence-corrected chi connectivity index (χ2v) is 5.26. The van der Waals surface area contributed by atoms with Gasteiger partial charge < -0.3 is 5.32 Å². The quantitative estimate of drug-likeness (QED) is 0.940. The minimum atomic E-state index is 0.644. The summed E-state index contributed by atoms with van der Waals surface area (Å²) in [5.41, 5.74) is 2.59. The van der Waals surface area contributed by atoms with Crippen molar-refractivity contribution in [3.63, 3.8) is 0 Å². The average Bonchev–Trinajstić information content (AvgIpc) is 2.67. The van der Waals surface area contributed by atoms with E-state index in [1.807, 2.05) is 31.2 Å². The van der Waals surface area contributed by atoms with Gasteiger partial charge in [0.1, 0.15) is 16.6 Å². The zero-order valence-corrected chi connectivity index (χ0v) is 11.6. The van der Waals surface area contributed by atoms with Gasteiger partial charge in [0.15, 0.2) is 0 Å². The van der Waals surface area contributed by atoms with E-state index in [9.17, 15) is 0 Å². The number of rotatable bonds is 3. The Morgan fingerprint density at radius 1 is 1.53 bits per heavy atom. The van der Waals surface area contributed by atoms with Crippen LogP contribution in [-0.4, -0.2) is 4.37 Å². The molecule has 1 aromatic heterocycles. The Hall–Kier alpha value is -1.38. The van der Waals surface area contributed by atoms with Gasteiger partial charge in [0.2, 0.25) is 0 Å². The average molecular weight is 308 g/mol. The van der Waals surface area contributed by atoms with E-state index < -0.39 is 0 Å². The Balaban J connectivity index is 2.10. The van der Waals surface area contributed by atoms with Gasteiger partial charge >= 0.3 is 0 Å². The summed E-state index contributed by atoms with van der Waals surface area (Å²) < 4.78 is 5.22. The number of nitrogens with zero attached hydrogens (tertiary/aromatic N) is 2. The molecule has 0 aliphatic rings. The number of aryl methyl sites for hydroxylation is 1. The van der Waals surface area contributed by atoms with E-state index in [-0.39, 0.29) is 0 Å². The van der Waals surface area contributed by atoms with E-state index >= 15 is 0 Å². The van der Waals surface area contributed by atoms with Crippen molar-refractivity contribution < 1.29 is 0 Å². The molecule has 1 aromatic carbocycles. The van der Waals surface area contributed by atoms with E-state index in [0.29, 0.717) is 12.1 Å². The van der Waals surface area contributed by atoms with Crippen LogP contribution in [0.2, 0.25) is 0 Å². The fourth-order valence-corrected chi connectivity index (χ4v) is 2.64. The molecule has 0 aliphatic carbocycles. The number of halogens is 1. The SMILES string of the molecule is Cc1nsc(NCc2cccc(Br)c2)c1C#N. The van der Waals surface area contributed by atoms with Crippen LogP contribution < -0.4 is 5.32 Å². The van der Waals surface area contributed by atoms with Gasteiger partial charge in [-0.2, -0.15) is 9.64 Å². The van der Waals surface area contributed by atoms with E-state index in [4.69, 9.17) is 5.26 Å². The normalized spacial score (nSPS) is 9.94. The van der Waals surface area contributed by atoms with Gasteiger partial charge in [-0.3, -0.25) is 0 Å². The first-order valence-electron chi connectivity index (χ1n) is 5.05. The largest absolute Gasteiger partial charge is 0.370 e. The van der Waals surface area contributed by atoms with Crippen LogP contribution in [0.4, 0.5) is 5.00 Å². The predicted octanol–water partition coefficient (Wildman–Crippen LogP) is 3.70. The zero-order chi connectivity index (χ0) is 12.3. The Labute approximate surface area is 112 Å². The zero-order valence-electron chi connectivity index (χ0n) is 9.20. The first-order valence-corrected chi connectivity index (χ1v) is 6.62. The van der Waals surface area contributed by atoms with E-state index in [1.165, 1.54) is 11.5 Å². The number of nitrogens with one attached hydrogen (secondary N) is 1. The van der Waals surface area contributed by atoms with Gasteiger partial charge in [-0.25, -0.2) is 0 Å². The molecule has 3 nitrogen and oxygen atoms in total. The van der Waals surface area contributed by atoms with Gasteiger partial charge in [0.25, 0.3) is 0 Å². The number of benzene rings is 1. The van der Waals surface area contributed by atoms with Crippen molar-refractivity contribution in [1.29, 1.82) is 5.26 Å². The molecular weight excluding hydrogens is 298 g/mol. The molecule has 0 radical (unpaired) electrons. The molecule has 0 unspecified atom stereocenters. The first kappa shape index (κ1) is 12.1. The molecule has 0 atom stereocenters. The Bertz CT molecular complexity index is 571. The summed E-state index contributed by atoms with van der Waals surface area (Å²) >= 11 is 4.76. The molecule has 0 spiro atoms. The summed E-state index contributed by atoms with van der Waals surface area (Å²) in [6.45, 7) is 2.54. The molecule has 1 N–H and O–H groups in total. The maximum Gasteiger partial charge on any atom is 0.127 e. The summed E-state index contributed by atoms with van der Waals surface area (Å²) in [4.78, 5) is 0. The lowest BCUT2D eigenvalue weighted by Crippen LogP contribution is -1.99. The Morgan fingerprint density at radius 2 is 2.35 bits per heavy atom. The Morgan fingerprint density at radius 3 is 3.06 bits per heavy atom. The van der Waals surface area contributed by atoms with Crippen LogP contribution >= 0.6 is 27.5 Å². The molecule has 1 heterocycles. The third-order valence-electron chi connectivity index (χ3n) is 2.32. The van der Waals surface area contributed by atoms with Gasteiger partial charge in [-0.15, -0.1) is 0 Å². The lowest BCUT2D eigenvalue weighted by Gasteiger charge is -2.04. The highest BCUT2D eigenvalue weighted by Gasteiger charge is 2.09. The van der Waals surface area contributed by atoms with Crippen molar-refractivity contribution >= 4 is 32.5 Å². The topological polar surface area (TPSA) is 48.7 Å². The molecule has 0 bridgehead atoms. The minimum absolute atomic E-state index is 0.644. The van der Waals surface area contributed by atoms with E-state index in [2.05, 4.69) is 31.7 Å². The molecule has 0 amide bonds. The van der Waals surface area contributed by atoms with Crippen LogP contribution in [0, 0.1) is 18.3 Å². The lowest BCUT2D eigenvalue weighted by atomic mass is 10.2. The van der Waals surface area contributed by atoms with Gasteiger partial charge in [0, 0.05) is 11.0 Å². The molecule has 0 saturated heterocycles. The van der Waals surface area contributed by atoms with Gasteiger partial charge in [-0.1, -0.05) is 28.1 Å². The maximum absolute atomic E-state index is 9.00. The van der Waals surface area contributed by atoms with Crippen molar-refractivity contribution in [3.8, 4) is 6.07 Å². The second kappa shape index (κ2) is 5.30. The van der Waals surface area contributed by atoms with Crippen molar-refractivity contribution in [3.05, 3.63) is 45.6 Å². The molecule has 2 aromatic rings. The van der Waals surface area contributed by atoms with Crippen LogP contribution in [0.5, 0.6) is 0 Å². The van der Waals surface area contributed by atoms with Gasteiger partial charge in [0.05, 0.1) is 5.69 Å². The fraction of sp³-hybridized carbons (Fsp3) is 0.167.